The second kappa shape index (κ2) is 7.26. The number of hydrogen-bond acceptors (Lipinski definition) is 4. The summed E-state index contributed by atoms with van der Waals surface area (Å²) in [4.78, 5) is 6.20. The predicted octanol–water partition coefficient (Wildman–Crippen LogP) is 2.81. The fourth-order valence-corrected chi connectivity index (χ4v) is 5.37. The Bertz CT molecular complexity index is 1090. The second-order valence-electron chi connectivity index (χ2n) is 6.25. The molecule has 3 atom stereocenters. The van der Waals surface area contributed by atoms with Gasteiger partial charge >= 0.3 is 0 Å². The summed E-state index contributed by atoms with van der Waals surface area (Å²) >= 11 is 0. The van der Waals surface area contributed by atoms with E-state index in [1.54, 1.807) is 12.5 Å². The highest BCUT2D eigenvalue weighted by Crippen LogP contribution is 2.36. The fourth-order valence-electron chi connectivity index (χ4n) is 3.18. The SMILES string of the molecule is CS(=O)c1ccc(-c2nc3n(c2-c2ccc(S(C)=O)cc2)CCS3=O)cc1. The first-order valence-electron chi connectivity index (χ1n) is 8.32. The van der Waals surface area contributed by atoms with Crippen LogP contribution in [0.15, 0.2) is 63.5 Å². The smallest absolute Gasteiger partial charge is 0.200 e. The zero-order chi connectivity index (χ0) is 19.1. The number of hydrogen-bond donors (Lipinski definition) is 0. The maximum absolute atomic E-state index is 12.3. The molecule has 2 heterocycles. The van der Waals surface area contributed by atoms with Crippen LogP contribution in [-0.2, 0) is 38.9 Å². The number of nitrogens with zero attached hydrogens (tertiary/aromatic N) is 2. The monoisotopic (exact) mass is 418 g/mol. The van der Waals surface area contributed by atoms with Crippen LogP contribution in [0.5, 0.6) is 0 Å². The van der Waals surface area contributed by atoms with E-state index in [2.05, 4.69) is 4.98 Å². The number of imidazole rings is 1. The lowest BCUT2D eigenvalue weighted by molar-refractivity contribution is 0.680. The van der Waals surface area contributed by atoms with Gasteiger partial charge < -0.3 is 4.57 Å². The highest BCUT2D eigenvalue weighted by atomic mass is 32.2. The minimum Gasteiger partial charge on any atom is -0.315 e. The van der Waals surface area contributed by atoms with E-state index in [4.69, 9.17) is 0 Å². The zero-order valence-electron chi connectivity index (χ0n) is 14.9. The summed E-state index contributed by atoms with van der Waals surface area (Å²) < 4.78 is 37.7. The number of aromatic nitrogens is 2. The van der Waals surface area contributed by atoms with E-state index in [1.807, 2.05) is 53.1 Å². The molecule has 3 unspecified atom stereocenters. The van der Waals surface area contributed by atoms with Crippen molar-refractivity contribution in [2.75, 3.05) is 18.3 Å². The number of fused-ring (bicyclic) bond motifs is 1. The van der Waals surface area contributed by atoms with Gasteiger partial charge in [0.15, 0.2) is 5.16 Å². The Hall–Kier alpha value is -1.90. The van der Waals surface area contributed by atoms with Crippen molar-refractivity contribution in [3.63, 3.8) is 0 Å². The van der Waals surface area contributed by atoms with Gasteiger partial charge in [0.05, 0.1) is 22.2 Å². The molecule has 3 aromatic rings. The third kappa shape index (κ3) is 3.37. The lowest BCUT2D eigenvalue weighted by atomic mass is 10.0. The van der Waals surface area contributed by atoms with E-state index in [0.29, 0.717) is 17.5 Å². The topological polar surface area (TPSA) is 69.0 Å². The van der Waals surface area contributed by atoms with E-state index in [0.717, 1.165) is 32.3 Å². The van der Waals surface area contributed by atoms with Gasteiger partial charge in [-0.1, -0.05) is 24.3 Å². The molecule has 0 bridgehead atoms. The molecule has 0 amide bonds. The molecule has 0 fully saturated rings. The van der Waals surface area contributed by atoms with Gasteiger partial charge in [-0.15, -0.1) is 0 Å². The maximum Gasteiger partial charge on any atom is 0.200 e. The predicted molar refractivity (Wildman–Crippen MR) is 109 cm³/mol. The van der Waals surface area contributed by atoms with Gasteiger partial charge in [-0.25, -0.2) is 4.98 Å². The molecule has 1 aromatic heterocycles. The van der Waals surface area contributed by atoms with E-state index >= 15 is 0 Å². The van der Waals surface area contributed by atoms with E-state index < -0.39 is 32.4 Å². The molecule has 5 nitrogen and oxygen atoms in total. The van der Waals surface area contributed by atoms with Gasteiger partial charge in [-0.3, -0.25) is 12.6 Å². The normalized spacial score (nSPS) is 18.2. The molecular formula is C19H18N2O3S3. The Morgan fingerprint density at radius 2 is 1.41 bits per heavy atom. The van der Waals surface area contributed by atoms with Gasteiger partial charge in [-0.05, 0) is 24.3 Å². The van der Waals surface area contributed by atoms with Crippen molar-refractivity contribution in [3.8, 4) is 22.5 Å². The van der Waals surface area contributed by atoms with Gasteiger partial charge in [0.2, 0.25) is 0 Å². The Morgan fingerprint density at radius 3 is 1.93 bits per heavy atom. The van der Waals surface area contributed by atoms with Gasteiger partial charge in [0.1, 0.15) is 0 Å². The fraction of sp³-hybridized carbons (Fsp3) is 0.211. The molecule has 4 rings (SSSR count). The standard InChI is InChI=1S/C19H18N2O3S3/c1-25(22)15-7-3-13(4-8-15)17-18(21-11-12-27(24)19(21)20-17)14-5-9-16(10-6-14)26(2)23/h3-10H,11-12H2,1-2H3. The average Bonchev–Trinajstić information content (AvgIpc) is 3.22. The summed E-state index contributed by atoms with van der Waals surface area (Å²) in [5.74, 6) is 0.570. The summed E-state index contributed by atoms with van der Waals surface area (Å²) in [5.41, 5.74) is 3.51. The molecule has 1 aliphatic rings. The molecule has 0 spiro atoms. The maximum atomic E-state index is 12.3. The first kappa shape index (κ1) is 18.5. The summed E-state index contributed by atoms with van der Waals surface area (Å²) in [6.45, 7) is 0.656. The highest BCUT2D eigenvalue weighted by Gasteiger charge is 2.28. The quantitative estimate of drug-likeness (QED) is 0.653. The van der Waals surface area contributed by atoms with Crippen molar-refractivity contribution >= 4 is 32.4 Å². The Morgan fingerprint density at radius 1 is 0.889 bits per heavy atom. The summed E-state index contributed by atoms with van der Waals surface area (Å²) in [5, 5.41) is 0.589. The van der Waals surface area contributed by atoms with Crippen molar-refractivity contribution in [2.45, 2.75) is 21.5 Å². The van der Waals surface area contributed by atoms with Crippen LogP contribution < -0.4 is 0 Å². The van der Waals surface area contributed by atoms with Crippen molar-refractivity contribution < 1.29 is 12.6 Å². The van der Waals surface area contributed by atoms with Gasteiger partial charge in [0.25, 0.3) is 0 Å². The molecule has 0 radical (unpaired) electrons. The average molecular weight is 419 g/mol. The molecule has 0 N–H and O–H groups in total. The molecule has 0 saturated carbocycles. The second-order valence-corrected chi connectivity index (χ2v) is 10.5. The summed E-state index contributed by atoms with van der Waals surface area (Å²) in [6.07, 6.45) is 3.30. The summed E-state index contributed by atoms with van der Waals surface area (Å²) in [6, 6.07) is 15.0. The zero-order valence-corrected chi connectivity index (χ0v) is 17.3. The van der Waals surface area contributed by atoms with E-state index in [-0.39, 0.29) is 0 Å². The van der Waals surface area contributed by atoms with Crippen LogP contribution in [0.2, 0.25) is 0 Å². The van der Waals surface area contributed by atoms with Crippen LogP contribution in [0.25, 0.3) is 22.5 Å². The lowest BCUT2D eigenvalue weighted by Gasteiger charge is -2.09. The molecule has 8 heteroatoms. The van der Waals surface area contributed by atoms with E-state index in [1.165, 1.54) is 0 Å². The Labute approximate surface area is 165 Å². The van der Waals surface area contributed by atoms with Crippen LogP contribution in [0.1, 0.15) is 0 Å². The molecule has 0 saturated heterocycles. The van der Waals surface area contributed by atoms with E-state index in [9.17, 15) is 12.6 Å². The van der Waals surface area contributed by atoms with Crippen molar-refractivity contribution in [2.24, 2.45) is 0 Å². The van der Waals surface area contributed by atoms with Crippen LogP contribution in [0.3, 0.4) is 0 Å². The molecular weight excluding hydrogens is 400 g/mol. The van der Waals surface area contributed by atoms with Crippen LogP contribution in [0, 0.1) is 0 Å². The van der Waals surface area contributed by atoms with Crippen LogP contribution in [-0.4, -0.2) is 40.4 Å². The van der Waals surface area contributed by atoms with Crippen molar-refractivity contribution in [1.29, 1.82) is 0 Å². The molecule has 2 aromatic carbocycles. The van der Waals surface area contributed by atoms with Gasteiger partial charge in [0, 0.05) is 67.3 Å². The molecule has 1 aliphatic heterocycles. The number of rotatable bonds is 4. The highest BCUT2D eigenvalue weighted by molar-refractivity contribution is 7.85. The lowest BCUT2D eigenvalue weighted by Crippen LogP contribution is -1.98. The third-order valence-corrected chi connectivity index (χ3v) is 7.70. The first-order chi connectivity index (χ1) is 13.0. The summed E-state index contributed by atoms with van der Waals surface area (Å²) in [7, 11) is -3.18. The minimum absolute atomic E-state index is 0.570. The van der Waals surface area contributed by atoms with Gasteiger partial charge in [-0.2, -0.15) is 0 Å². The third-order valence-electron chi connectivity index (χ3n) is 4.56. The number of benzene rings is 2. The van der Waals surface area contributed by atoms with Crippen LogP contribution in [0.4, 0.5) is 0 Å². The largest absolute Gasteiger partial charge is 0.315 e. The van der Waals surface area contributed by atoms with Crippen molar-refractivity contribution in [1.82, 2.24) is 9.55 Å². The Kier molecular flexibility index (Phi) is 4.96. The Balaban J connectivity index is 1.87. The minimum atomic E-state index is -1.10. The first-order valence-corrected chi connectivity index (χ1v) is 12.8. The molecule has 140 valence electrons. The van der Waals surface area contributed by atoms with Crippen molar-refractivity contribution in [3.05, 3.63) is 48.5 Å². The molecule has 27 heavy (non-hydrogen) atoms. The molecule has 0 aliphatic carbocycles. The van der Waals surface area contributed by atoms with Crippen LogP contribution >= 0.6 is 0 Å².